The summed E-state index contributed by atoms with van der Waals surface area (Å²) in [5.41, 5.74) is 4.26. The molecule has 4 nitrogen and oxygen atoms in total. The number of ketones is 1. The fourth-order valence-electron chi connectivity index (χ4n) is 4.22. The van der Waals surface area contributed by atoms with Gasteiger partial charge in [-0.15, -0.1) is 5.10 Å². The number of fused-ring (bicyclic) bond motifs is 3. The molecule has 2 aliphatic carbocycles. The number of hydrogen-bond acceptors (Lipinski definition) is 3. The van der Waals surface area contributed by atoms with E-state index in [0.29, 0.717) is 11.6 Å². The number of Topliss-reactive ketones (excluding diaryl/α,β-unsaturated/α-hetero) is 1. The Morgan fingerprint density at radius 3 is 2.46 bits per heavy atom. The maximum atomic E-state index is 13.1. The molecular formula is C21H18FN3O. The third kappa shape index (κ3) is 2.55. The van der Waals surface area contributed by atoms with Crippen LogP contribution in [0.4, 0.5) is 4.39 Å². The summed E-state index contributed by atoms with van der Waals surface area (Å²) in [5, 5.41) is 4.53. The lowest BCUT2D eigenvalue weighted by atomic mass is 9.92. The molecule has 5 rings (SSSR count). The summed E-state index contributed by atoms with van der Waals surface area (Å²) >= 11 is 0. The van der Waals surface area contributed by atoms with E-state index in [1.54, 1.807) is 23.1 Å². The standard InChI is InChI=1S/C21H18FN3O/c22-18-5-7-19(8-6-18)25-12-23-21(24-25)16-4-1-13-9-14-2-3-15(20(14)26)10-17(13)11-16/h1,4-8,11-12,14-15H,2-3,9-10H2/t14-,15+/m1/s1. The van der Waals surface area contributed by atoms with Crippen LogP contribution < -0.4 is 0 Å². The zero-order valence-electron chi connectivity index (χ0n) is 14.2. The summed E-state index contributed by atoms with van der Waals surface area (Å²) in [6, 6.07) is 12.5. The molecule has 0 saturated heterocycles. The minimum Gasteiger partial charge on any atom is -0.299 e. The number of halogens is 1. The van der Waals surface area contributed by atoms with Crippen LogP contribution >= 0.6 is 0 Å². The highest BCUT2D eigenvalue weighted by Gasteiger charge is 2.37. The van der Waals surface area contributed by atoms with E-state index in [-0.39, 0.29) is 17.7 Å². The van der Waals surface area contributed by atoms with Crippen LogP contribution in [0.25, 0.3) is 17.1 Å². The van der Waals surface area contributed by atoms with Crippen molar-refractivity contribution in [3.63, 3.8) is 0 Å². The van der Waals surface area contributed by atoms with Gasteiger partial charge < -0.3 is 0 Å². The third-order valence-electron chi connectivity index (χ3n) is 5.65. The second-order valence-corrected chi connectivity index (χ2v) is 7.25. The number of carbonyl (C=O) groups is 1. The molecular weight excluding hydrogens is 329 g/mol. The normalized spacial score (nSPS) is 21.5. The minimum atomic E-state index is -0.274. The van der Waals surface area contributed by atoms with Gasteiger partial charge in [-0.05, 0) is 67.1 Å². The van der Waals surface area contributed by atoms with E-state index in [9.17, 15) is 9.18 Å². The molecule has 1 saturated carbocycles. The highest BCUT2D eigenvalue weighted by molar-refractivity contribution is 5.86. The van der Waals surface area contributed by atoms with Gasteiger partial charge in [0.2, 0.25) is 0 Å². The molecule has 1 aromatic heterocycles. The van der Waals surface area contributed by atoms with E-state index in [0.717, 1.165) is 36.9 Å². The number of benzene rings is 2. The number of nitrogens with zero attached hydrogens (tertiary/aromatic N) is 3. The molecule has 1 fully saturated rings. The molecule has 0 radical (unpaired) electrons. The zero-order chi connectivity index (χ0) is 17.7. The van der Waals surface area contributed by atoms with Crippen molar-refractivity contribution in [2.75, 3.05) is 0 Å². The molecule has 0 spiro atoms. The molecule has 2 aliphatic rings. The van der Waals surface area contributed by atoms with Crippen LogP contribution in [0.3, 0.4) is 0 Å². The van der Waals surface area contributed by atoms with Crippen LogP contribution in [0.2, 0.25) is 0 Å². The topological polar surface area (TPSA) is 47.8 Å². The molecule has 2 atom stereocenters. The summed E-state index contributed by atoms with van der Waals surface area (Å²) < 4.78 is 14.7. The fraction of sp³-hybridized carbons (Fsp3) is 0.286. The average molecular weight is 347 g/mol. The van der Waals surface area contributed by atoms with Crippen LogP contribution in [0, 0.1) is 17.7 Å². The lowest BCUT2D eigenvalue weighted by Crippen LogP contribution is -2.13. The Kier molecular flexibility index (Phi) is 3.48. The van der Waals surface area contributed by atoms with Gasteiger partial charge >= 0.3 is 0 Å². The van der Waals surface area contributed by atoms with E-state index in [1.165, 1.54) is 23.3 Å². The van der Waals surface area contributed by atoms with Crippen LogP contribution in [0.15, 0.2) is 48.8 Å². The molecule has 26 heavy (non-hydrogen) atoms. The first-order chi connectivity index (χ1) is 12.7. The number of rotatable bonds is 2. The summed E-state index contributed by atoms with van der Waals surface area (Å²) in [7, 11) is 0. The molecule has 2 aromatic carbocycles. The third-order valence-corrected chi connectivity index (χ3v) is 5.65. The second-order valence-electron chi connectivity index (χ2n) is 7.25. The number of carbonyl (C=O) groups excluding carboxylic acids is 1. The van der Waals surface area contributed by atoms with Crippen LogP contribution in [-0.4, -0.2) is 20.5 Å². The molecule has 0 N–H and O–H groups in total. The van der Waals surface area contributed by atoms with Crippen molar-refractivity contribution >= 4 is 5.78 Å². The van der Waals surface area contributed by atoms with E-state index in [4.69, 9.17) is 0 Å². The lowest BCUT2D eigenvalue weighted by molar-refractivity contribution is -0.123. The van der Waals surface area contributed by atoms with Crippen molar-refractivity contribution in [3.05, 3.63) is 65.7 Å². The second kappa shape index (κ2) is 5.87. The average Bonchev–Trinajstić information content (AvgIpc) is 3.21. The first kappa shape index (κ1) is 15.4. The first-order valence-electron chi connectivity index (χ1n) is 9.01. The van der Waals surface area contributed by atoms with Crippen LogP contribution in [0.1, 0.15) is 24.0 Å². The van der Waals surface area contributed by atoms with Crippen molar-refractivity contribution < 1.29 is 9.18 Å². The molecule has 0 unspecified atom stereocenters. The minimum absolute atomic E-state index is 0.182. The summed E-state index contributed by atoms with van der Waals surface area (Å²) in [4.78, 5) is 16.8. The maximum absolute atomic E-state index is 13.1. The Morgan fingerprint density at radius 1 is 0.962 bits per heavy atom. The molecule has 0 amide bonds. The van der Waals surface area contributed by atoms with E-state index in [1.807, 2.05) is 6.07 Å². The summed E-state index contributed by atoms with van der Waals surface area (Å²) in [5.74, 6) is 1.20. The highest BCUT2D eigenvalue weighted by Crippen LogP contribution is 2.38. The Hall–Kier alpha value is -2.82. The summed E-state index contributed by atoms with van der Waals surface area (Å²) in [6.45, 7) is 0. The van der Waals surface area contributed by atoms with Gasteiger partial charge in [0.05, 0.1) is 5.69 Å². The molecule has 1 heterocycles. The van der Waals surface area contributed by atoms with E-state index < -0.39 is 0 Å². The van der Waals surface area contributed by atoms with Crippen molar-refractivity contribution in [1.29, 1.82) is 0 Å². The molecule has 5 heteroatoms. The lowest BCUT2D eigenvalue weighted by Gasteiger charge is -2.13. The SMILES string of the molecule is O=C1[C@@H]2CC[C@H]1Cc1cc(-c3ncn(-c4ccc(F)cc4)n3)ccc1C2. The van der Waals surface area contributed by atoms with Crippen LogP contribution in [-0.2, 0) is 17.6 Å². The largest absolute Gasteiger partial charge is 0.299 e. The molecule has 130 valence electrons. The van der Waals surface area contributed by atoms with E-state index >= 15 is 0 Å². The van der Waals surface area contributed by atoms with Gasteiger partial charge in [0.25, 0.3) is 0 Å². The number of aromatic nitrogens is 3. The maximum Gasteiger partial charge on any atom is 0.181 e. The van der Waals surface area contributed by atoms with Crippen molar-refractivity contribution in [1.82, 2.24) is 14.8 Å². The number of hydrogen-bond donors (Lipinski definition) is 0. The predicted molar refractivity (Wildman–Crippen MR) is 95.4 cm³/mol. The first-order valence-corrected chi connectivity index (χ1v) is 9.01. The smallest absolute Gasteiger partial charge is 0.181 e. The van der Waals surface area contributed by atoms with Gasteiger partial charge in [0, 0.05) is 17.4 Å². The Balaban J connectivity index is 1.48. The summed E-state index contributed by atoms with van der Waals surface area (Å²) in [6.07, 6.45) is 5.39. The Labute approximate surface area is 150 Å². The van der Waals surface area contributed by atoms with E-state index in [2.05, 4.69) is 22.2 Å². The molecule has 0 aliphatic heterocycles. The quantitative estimate of drug-likeness (QED) is 0.709. The Bertz CT molecular complexity index is 993. The van der Waals surface area contributed by atoms with Gasteiger partial charge in [-0.2, -0.15) is 0 Å². The van der Waals surface area contributed by atoms with Gasteiger partial charge in [-0.25, -0.2) is 14.1 Å². The van der Waals surface area contributed by atoms with Crippen molar-refractivity contribution in [3.8, 4) is 17.1 Å². The molecule has 3 aromatic rings. The predicted octanol–water partition coefficient (Wildman–Crippen LogP) is 3.77. The van der Waals surface area contributed by atoms with Gasteiger partial charge in [-0.3, -0.25) is 4.79 Å². The monoisotopic (exact) mass is 347 g/mol. The van der Waals surface area contributed by atoms with Gasteiger partial charge in [-0.1, -0.05) is 12.1 Å². The van der Waals surface area contributed by atoms with Crippen molar-refractivity contribution in [2.24, 2.45) is 11.8 Å². The Morgan fingerprint density at radius 2 is 1.69 bits per heavy atom. The van der Waals surface area contributed by atoms with Crippen LogP contribution in [0.5, 0.6) is 0 Å². The fourth-order valence-corrected chi connectivity index (χ4v) is 4.22. The van der Waals surface area contributed by atoms with Gasteiger partial charge in [0.1, 0.15) is 17.9 Å². The highest BCUT2D eigenvalue weighted by atomic mass is 19.1. The van der Waals surface area contributed by atoms with Crippen molar-refractivity contribution in [2.45, 2.75) is 25.7 Å². The zero-order valence-corrected chi connectivity index (χ0v) is 14.2. The molecule has 2 bridgehead atoms. The van der Waals surface area contributed by atoms with Gasteiger partial charge in [0.15, 0.2) is 5.82 Å².